The Labute approximate surface area is 176 Å². The zero-order chi connectivity index (χ0) is 20.7. The minimum absolute atomic E-state index is 0.0937. The first-order valence-corrected chi connectivity index (χ1v) is 10.5. The highest BCUT2D eigenvalue weighted by Gasteiger charge is 2.29. The molecule has 154 valence electrons. The summed E-state index contributed by atoms with van der Waals surface area (Å²) in [7, 11) is 0. The van der Waals surface area contributed by atoms with Crippen LogP contribution in [0.1, 0.15) is 32.2 Å². The molecule has 0 unspecified atom stereocenters. The van der Waals surface area contributed by atoms with E-state index in [-0.39, 0.29) is 5.41 Å². The number of pyridine rings is 1. The van der Waals surface area contributed by atoms with Crippen molar-refractivity contribution < 1.29 is 0 Å². The lowest BCUT2D eigenvalue weighted by Crippen LogP contribution is -2.51. The third kappa shape index (κ3) is 3.50. The van der Waals surface area contributed by atoms with E-state index >= 15 is 0 Å². The molecule has 1 aromatic carbocycles. The monoisotopic (exact) mass is 401 g/mol. The molecule has 0 bridgehead atoms. The number of nitrogens with one attached hydrogen (secondary N) is 1. The van der Waals surface area contributed by atoms with E-state index in [1.165, 1.54) is 10.9 Å². The van der Waals surface area contributed by atoms with Crippen molar-refractivity contribution in [1.29, 1.82) is 0 Å². The summed E-state index contributed by atoms with van der Waals surface area (Å²) in [6.45, 7) is 10.3. The van der Waals surface area contributed by atoms with Crippen molar-refractivity contribution in [3.8, 4) is 0 Å². The van der Waals surface area contributed by atoms with E-state index in [9.17, 15) is 0 Å². The van der Waals surface area contributed by atoms with Crippen molar-refractivity contribution in [2.24, 2.45) is 5.92 Å². The molecule has 7 heteroatoms. The van der Waals surface area contributed by atoms with Crippen LogP contribution in [0.4, 0.5) is 5.82 Å². The molecule has 0 saturated carbocycles. The van der Waals surface area contributed by atoms with Crippen molar-refractivity contribution in [3.05, 3.63) is 60.0 Å². The molecule has 0 radical (unpaired) electrons. The number of nitrogens with zero attached hydrogens (tertiary/aromatic N) is 6. The van der Waals surface area contributed by atoms with Crippen LogP contribution in [-0.2, 0) is 12.0 Å². The predicted octanol–water partition coefficient (Wildman–Crippen LogP) is 3.20. The predicted molar refractivity (Wildman–Crippen MR) is 119 cm³/mol. The molecule has 7 nitrogen and oxygen atoms in total. The van der Waals surface area contributed by atoms with Gasteiger partial charge in [-0.1, -0.05) is 39.0 Å². The van der Waals surface area contributed by atoms with Gasteiger partial charge in [0, 0.05) is 49.1 Å². The van der Waals surface area contributed by atoms with E-state index in [0.717, 1.165) is 49.0 Å². The minimum Gasteiger partial charge on any atom is -0.354 e. The highest BCUT2D eigenvalue weighted by atomic mass is 15.4. The molecular weight excluding hydrogens is 374 g/mol. The van der Waals surface area contributed by atoms with Gasteiger partial charge in [0.25, 0.3) is 0 Å². The number of rotatable bonds is 5. The second kappa shape index (κ2) is 7.32. The van der Waals surface area contributed by atoms with Crippen LogP contribution < -0.4 is 10.2 Å². The molecule has 0 spiro atoms. The fourth-order valence-electron chi connectivity index (χ4n) is 4.02. The SMILES string of the molecule is CC(C)(C)c1nnc2ccc(N3CC(CNCc4ccnc5ccccc45)C3)nn12. The van der Waals surface area contributed by atoms with Crippen molar-refractivity contribution in [2.75, 3.05) is 24.5 Å². The summed E-state index contributed by atoms with van der Waals surface area (Å²) in [5.41, 5.74) is 3.05. The molecule has 1 saturated heterocycles. The maximum Gasteiger partial charge on any atom is 0.178 e. The van der Waals surface area contributed by atoms with Gasteiger partial charge in [0.2, 0.25) is 0 Å². The Morgan fingerprint density at radius 2 is 1.87 bits per heavy atom. The molecule has 1 N–H and O–H groups in total. The molecule has 1 aliphatic heterocycles. The van der Waals surface area contributed by atoms with Gasteiger partial charge in [-0.3, -0.25) is 4.98 Å². The van der Waals surface area contributed by atoms with Crippen LogP contribution in [0.3, 0.4) is 0 Å². The van der Waals surface area contributed by atoms with Gasteiger partial charge in [-0.15, -0.1) is 15.3 Å². The highest BCUT2D eigenvalue weighted by molar-refractivity contribution is 5.81. The van der Waals surface area contributed by atoms with Gasteiger partial charge in [-0.05, 0) is 29.8 Å². The van der Waals surface area contributed by atoms with Gasteiger partial charge in [-0.2, -0.15) is 4.52 Å². The Morgan fingerprint density at radius 1 is 1.03 bits per heavy atom. The molecule has 0 aliphatic carbocycles. The number of hydrogen-bond acceptors (Lipinski definition) is 6. The third-order valence-electron chi connectivity index (χ3n) is 5.69. The topological polar surface area (TPSA) is 71.2 Å². The van der Waals surface area contributed by atoms with E-state index in [1.54, 1.807) is 0 Å². The number of aromatic nitrogens is 5. The Balaban J connectivity index is 1.20. The number of fused-ring (bicyclic) bond motifs is 2. The summed E-state index contributed by atoms with van der Waals surface area (Å²) in [6.07, 6.45) is 1.89. The van der Waals surface area contributed by atoms with Crippen molar-refractivity contribution >= 4 is 22.4 Å². The maximum atomic E-state index is 4.81. The van der Waals surface area contributed by atoms with Crippen molar-refractivity contribution in [2.45, 2.75) is 32.7 Å². The first-order valence-electron chi connectivity index (χ1n) is 10.5. The summed E-state index contributed by atoms with van der Waals surface area (Å²) in [5, 5.41) is 18.2. The zero-order valence-electron chi connectivity index (χ0n) is 17.7. The molecule has 4 aromatic rings. The summed E-state index contributed by atoms with van der Waals surface area (Å²) in [6, 6.07) is 14.5. The lowest BCUT2D eigenvalue weighted by atomic mass is 9.96. The molecule has 30 heavy (non-hydrogen) atoms. The van der Waals surface area contributed by atoms with Gasteiger partial charge in [0.15, 0.2) is 11.5 Å². The lowest BCUT2D eigenvalue weighted by Gasteiger charge is -2.40. The minimum atomic E-state index is -0.0937. The van der Waals surface area contributed by atoms with Gasteiger partial charge >= 0.3 is 0 Å². The quantitative estimate of drug-likeness (QED) is 0.554. The van der Waals surface area contributed by atoms with Crippen LogP contribution in [-0.4, -0.2) is 44.4 Å². The van der Waals surface area contributed by atoms with Crippen LogP contribution in [0.15, 0.2) is 48.7 Å². The molecule has 4 heterocycles. The Hall–Kier alpha value is -3.06. The Bertz CT molecular complexity index is 1180. The second-order valence-corrected chi connectivity index (χ2v) is 9.12. The molecule has 0 amide bonds. The molecule has 0 atom stereocenters. The van der Waals surface area contributed by atoms with Crippen LogP contribution in [0, 0.1) is 5.92 Å². The highest BCUT2D eigenvalue weighted by Crippen LogP contribution is 2.25. The van der Waals surface area contributed by atoms with Gasteiger partial charge in [0.1, 0.15) is 5.82 Å². The molecule has 1 aliphatic rings. The Morgan fingerprint density at radius 3 is 2.70 bits per heavy atom. The second-order valence-electron chi connectivity index (χ2n) is 9.12. The lowest BCUT2D eigenvalue weighted by molar-refractivity contribution is 0.381. The van der Waals surface area contributed by atoms with Crippen LogP contribution in [0.2, 0.25) is 0 Å². The summed E-state index contributed by atoms with van der Waals surface area (Å²) >= 11 is 0. The molecule has 5 rings (SSSR count). The first-order chi connectivity index (χ1) is 14.5. The summed E-state index contributed by atoms with van der Waals surface area (Å²) < 4.78 is 1.88. The van der Waals surface area contributed by atoms with Crippen molar-refractivity contribution in [3.63, 3.8) is 0 Å². The number of benzene rings is 1. The van der Waals surface area contributed by atoms with E-state index in [2.05, 4.69) is 70.4 Å². The number of hydrogen-bond donors (Lipinski definition) is 1. The van der Waals surface area contributed by atoms with Gasteiger partial charge in [0.05, 0.1) is 5.52 Å². The third-order valence-corrected chi connectivity index (χ3v) is 5.69. The average molecular weight is 402 g/mol. The summed E-state index contributed by atoms with van der Waals surface area (Å²) in [5.74, 6) is 2.51. The van der Waals surface area contributed by atoms with Crippen molar-refractivity contribution in [1.82, 2.24) is 30.1 Å². The van der Waals surface area contributed by atoms with E-state index in [1.807, 2.05) is 28.9 Å². The van der Waals surface area contributed by atoms with Gasteiger partial charge < -0.3 is 10.2 Å². The maximum absolute atomic E-state index is 4.81. The van der Waals surface area contributed by atoms with Crippen LogP contribution >= 0.6 is 0 Å². The van der Waals surface area contributed by atoms with Crippen LogP contribution in [0.25, 0.3) is 16.6 Å². The van der Waals surface area contributed by atoms with E-state index in [0.29, 0.717) is 5.92 Å². The fourth-order valence-corrected chi connectivity index (χ4v) is 4.02. The normalized spacial score (nSPS) is 15.1. The largest absolute Gasteiger partial charge is 0.354 e. The Kier molecular flexibility index (Phi) is 4.62. The van der Waals surface area contributed by atoms with E-state index < -0.39 is 0 Å². The molecule has 1 fully saturated rings. The zero-order valence-corrected chi connectivity index (χ0v) is 17.7. The smallest absolute Gasteiger partial charge is 0.178 e. The van der Waals surface area contributed by atoms with Gasteiger partial charge in [-0.25, -0.2) is 0 Å². The first kappa shape index (κ1) is 18.9. The van der Waals surface area contributed by atoms with Crippen LogP contribution in [0.5, 0.6) is 0 Å². The molecular formula is C23H27N7. The fraction of sp³-hybridized carbons (Fsp3) is 0.391. The molecule has 3 aromatic heterocycles. The number of anilines is 1. The standard InChI is InChI=1S/C23H27N7/c1-23(2,3)22-27-26-20-8-9-21(28-30(20)22)29-14-16(15-29)12-24-13-17-10-11-25-19-7-5-4-6-18(17)19/h4-11,16,24H,12-15H2,1-3H3. The summed E-state index contributed by atoms with van der Waals surface area (Å²) in [4.78, 5) is 6.76. The average Bonchev–Trinajstić information content (AvgIpc) is 3.13. The van der Waals surface area contributed by atoms with E-state index in [4.69, 9.17) is 5.10 Å². The number of para-hydroxylation sites is 1.